The van der Waals surface area contributed by atoms with Gasteiger partial charge in [0.25, 0.3) is 0 Å². The summed E-state index contributed by atoms with van der Waals surface area (Å²) in [6, 6.07) is 11.5. The molecule has 2 aromatic rings. The summed E-state index contributed by atoms with van der Waals surface area (Å²) in [6.07, 6.45) is 4.58. The largest absolute Gasteiger partial charge is 0.496 e. The lowest BCUT2D eigenvalue weighted by molar-refractivity contribution is -0.144. The molecule has 11 heteroatoms. The van der Waals surface area contributed by atoms with Crippen molar-refractivity contribution < 1.29 is 28.7 Å². The zero-order chi connectivity index (χ0) is 35.0. The molecule has 0 spiro atoms. The number of ether oxygens (including phenoxy) is 2. The zero-order valence-corrected chi connectivity index (χ0v) is 29.2. The molecule has 260 valence electrons. The molecule has 1 fully saturated rings. The lowest BCUT2D eigenvalue weighted by Crippen LogP contribution is -2.61. The summed E-state index contributed by atoms with van der Waals surface area (Å²) >= 11 is 0. The van der Waals surface area contributed by atoms with Crippen LogP contribution in [0.15, 0.2) is 54.7 Å². The molecule has 1 saturated heterocycles. The summed E-state index contributed by atoms with van der Waals surface area (Å²) in [4.78, 5) is 59.4. The van der Waals surface area contributed by atoms with Gasteiger partial charge in [-0.3, -0.25) is 24.1 Å². The normalized spacial score (nSPS) is 22.7. The molecule has 2 aliphatic heterocycles. The molecule has 7 atom stereocenters. The van der Waals surface area contributed by atoms with Crippen LogP contribution in [-0.4, -0.2) is 91.4 Å². The SMILES string of the molecule is CCC(C)[C@@H]1NC(=O)[C@@H]2[C@H](CCN2C(=O)[C@H](Cc2ccccc2)NC(=O)[C@H]([C@@H](C)CC)N(C)C)Oc2ccc(OC)c(c2)/C=C/NC1=O. The molecular formula is C37H51N5O6. The van der Waals surface area contributed by atoms with Crippen molar-refractivity contribution in [3.63, 3.8) is 0 Å². The summed E-state index contributed by atoms with van der Waals surface area (Å²) in [7, 11) is 5.27. The van der Waals surface area contributed by atoms with Gasteiger partial charge in [0.1, 0.15) is 35.7 Å². The first-order chi connectivity index (χ1) is 23.0. The minimum Gasteiger partial charge on any atom is -0.496 e. The van der Waals surface area contributed by atoms with Crippen LogP contribution in [0.5, 0.6) is 11.5 Å². The lowest BCUT2D eigenvalue weighted by Gasteiger charge is -2.34. The summed E-state index contributed by atoms with van der Waals surface area (Å²) in [5.41, 5.74) is 1.55. The maximum absolute atomic E-state index is 14.6. The Morgan fingerprint density at radius 2 is 1.79 bits per heavy atom. The van der Waals surface area contributed by atoms with E-state index in [1.165, 1.54) is 11.1 Å². The summed E-state index contributed by atoms with van der Waals surface area (Å²) in [5.74, 6) is -0.555. The van der Waals surface area contributed by atoms with E-state index in [4.69, 9.17) is 9.47 Å². The molecular weight excluding hydrogens is 610 g/mol. The van der Waals surface area contributed by atoms with Gasteiger partial charge in [-0.05, 0) is 55.8 Å². The van der Waals surface area contributed by atoms with Gasteiger partial charge in [-0.1, -0.05) is 70.9 Å². The van der Waals surface area contributed by atoms with Crippen molar-refractivity contribution >= 4 is 29.7 Å². The van der Waals surface area contributed by atoms with Crippen molar-refractivity contribution in [3.05, 3.63) is 65.9 Å². The lowest BCUT2D eigenvalue weighted by atomic mass is 9.96. The van der Waals surface area contributed by atoms with Crippen LogP contribution in [0.2, 0.25) is 0 Å². The van der Waals surface area contributed by atoms with Gasteiger partial charge in [-0.2, -0.15) is 0 Å². The molecule has 2 bridgehead atoms. The predicted octanol–water partition coefficient (Wildman–Crippen LogP) is 3.38. The Morgan fingerprint density at radius 3 is 2.44 bits per heavy atom. The first-order valence-corrected chi connectivity index (χ1v) is 16.9. The van der Waals surface area contributed by atoms with Crippen LogP contribution in [0, 0.1) is 11.8 Å². The highest BCUT2D eigenvalue weighted by Gasteiger charge is 2.47. The summed E-state index contributed by atoms with van der Waals surface area (Å²) < 4.78 is 12.0. The number of rotatable bonds is 11. The van der Waals surface area contributed by atoms with Gasteiger partial charge in [-0.15, -0.1) is 0 Å². The zero-order valence-electron chi connectivity index (χ0n) is 29.2. The second kappa shape index (κ2) is 16.6. The quantitative estimate of drug-likeness (QED) is 0.337. The molecule has 2 heterocycles. The number of hydrogen-bond donors (Lipinski definition) is 3. The van der Waals surface area contributed by atoms with Crippen LogP contribution in [0.3, 0.4) is 0 Å². The third kappa shape index (κ3) is 8.55. The van der Waals surface area contributed by atoms with Crippen molar-refractivity contribution in [2.45, 2.75) is 83.6 Å². The van der Waals surface area contributed by atoms with E-state index in [0.29, 0.717) is 29.9 Å². The van der Waals surface area contributed by atoms with Crippen LogP contribution in [0.1, 0.15) is 58.1 Å². The van der Waals surface area contributed by atoms with E-state index in [1.807, 2.05) is 77.0 Å². The third-order valence-corrected chi connectivity index (χ3v) is 9.57. The highest BCUT2D eigenvalue weighted by Crippen LogP contribution is 2.30. The highest BCUT2D eigenvalue weighted by molar-refractivity contribution is 5.96. The number of hydrogen-bond acceptors (Lipinski definition) is 7. The van der Waals surface area contributed by atoms with Crippen LogP contribution in [0.4, 0.5) is 0 Å². The molecule has 3 N–H and O–H groups in total. The fourth-order valence-corrected chi connectivity index (χ4v) is 6.51. The van der Waals surface area contributed by atoms with E-state index in [2.05, 4.69) is 16.0 Å². The van der Waals surface area contributed by atoms with Crippen molar-refractivity contribution in [2.75, 3.05) is 27.7 Å². The molecule has 48 heavy (non-hydrogen) atoms. The number of likely N-dealkylation sites (N-methyl/N-ethyl adjacent to an activating group) is 1. The predicted molar refractivity (Wildman–Crippen MR) is 185 cm³/mol. The van der Waals surface area contributed by atoms with E-state index < -0.39 is 36.2 Å². The Kier molecular flexibility index (Phi) is 12.6. The molecule has 2 aliphatic rings. The number of benzene rings is 2. The fourth-order valence-electron chi connectivity index (χ4n) is 6.51. The van der Waals surface area contributed by atoms with Crippen molar-refractivity contribution in [1.29, 1.82) is 0 Å². The van der Waals surface area contributed by atoms with Crippen molar-refractivity contribution in [2.24, 2.45) is 11.8 Å². The molecule has 1 unspecified atom stereocenters. The van der Waals surface area contributed by atoms with Crippen LogP contribution >= 0.6 is 0 Å². The Labute approximate surface area is 284 Å². The first kappa shape index (κ1) is 36.5. The molecule has 4 amide bonds. The summed E-state index contributed by atoms with van der Waals surface area (Å²) in [5, 5.41) is 8.80. The maximum atomic E-state index is 14.6. The number of nitrogens with zero attached hydrogens (tertiary/aromatic N) is 2. The average Bonchev–Trinajstić information content (AvgIpc) is 3.49. The Balaban J connectivity index is 1.73. The monoisotopic (exact) mass is 661 g/mol. The molecule has 11 nitrogen and oxygen atoms in total. The minimum atomic E-state index is -1.05. The van der Waals surface area contributed by atoms with Gasteiger partial charge in [0.15, 0.2) is 0 Å². The van der Waals surface area contributed by atoms with Gasteiger partial charge >= 0.3 is 0 Å². The number of carbonyl (C=O) groups excluding carboxylic acids is 4. The van der Waals surface area contributed by atoms with E-state index in [-0.39, 0.29) is 42.5 Å². The number of amides is 4. The van der Waals surface area contributed by atoms with Gasteiger partial charge in [-0.25, -0.2) is 0 Å². The van der Waals surface area contributed by atoms with E-state index in [1.54, 1.807) is 31.4 Å². The fraction of sp³-hybridized carbons (Fsp3) is 0.514. The Bertz CT molecular complexity index is 1460. The standard InChI is InChI=1S/C37H51N5O6/c1-8-23(3)31-34(43)38-19-17-26-22-27(15-16-29(26)47-7)48-30-18-20-42(33(30)36(45)40-31)37(46)28(21-25-13-11-10-12-14-25)39-35(44)32(41(5)6)24(4)9-2/h10-17,19,22-24,28,30-33H,8-9,18,20-21H2,1-7H3,(H,38,43)(H,39,44)(H,40,45)/b19-17+/t23?,24-,28-,30-,31-,32-,33-/m0/s1. The van der Waals surface area contributed by atoms with E-state index in [9.17, 15) is 19.2 Å². The maximum Gasteiger partial charge on any atom is 0.247 e. The minimum absolute atomic E-state index is 0.0470. The van der Waals surface area contributed by atoms with Gasteiger partial charge in [0.05, 0.1) is 13.2 Å². The number of fused-ring (bicyclic) bond motifs is 3. The van der Waals surface area contributed by atoms with Crippen LogP contribution in [0.25, 0.3) is 6.08 Å². The Hall–Kier alpha value is -4.38. The van der Waals surface area contributed by atoms with Gasteiger partial charge < -0.3 is 30.3 Å². The molecule has 4 rings (SSSR count). The Morgan fingerprint density at radius 1 is 1.06 bits per heavy atom. The number of likely N-dealkylation sites (tertiary alicyclic amines) is 1. The van der Waals surface area contributed by atoms with E-state index >= 15 is 0 Å². The second-order valence-corrected chi connectivity index (χ2v) is 13.1. The van der Waals surface area contributed by atoms with Gasteiger partial charge in [0.2, 0.25) is 23.6 Å². The van der Waals surface area contributed by atoms with Crippen LogP contribution in [-0.2, 0) is 25.6 Å². The second-order valence-electron chi connectivity index (χ2n) is 13.1. The van der Waals surface area contributed by atoms with Crippen molar-refractivity contribution in [3.8, 4) is 11.5 Å². The first-order valence-electron chi connectivity index (χ1n) is 16.9. The van der Waals surface area contributed by atoms with Crippen LogP contribution < -0.4 is 25.4 Å². The topological polar surface area (TPSA) is 129 Å². The number of nitrogens with one attached hydrogen (secondary N) is 3. The molecule has 0 aliphatic carbocycles. The van der Waals surface area contributed by atoms with E-state index in [0.717, 1.165) is 12.0 Å². The average molecular weight is 662 g/mol. The molecule has 0 aromatic heterocycles. The van der Waals surface area contributed by atoms with Crippen molar-refractivity contribution in [1.82, 2.24) is 25.8 Å². The molecule has 0 radical (unpaired) electrons. The highest BCUT2D eigenvalue weighted by atomic mass is 16.5. The molecule has 0 saturated carbocycles. The van der Waals surface area contributed by atoms with Gasteiger partial charge in [0, 0.05) is 31.1 Å². The number of methoxy groups -OCH3 is 1. The summed E-state index contributed by atoms with van der Waals surface area (Å²) in [6.45, 7) is 8.13. The number of carbonyl (C=O) groups is 4. The third-order valence-electron chi connectivity index (χ3n) is 9.57. The smallest absolute Gasteiger partial charge is 0.247 e. The molecule has 2 aromatic carbocycles.